The zero-order chi connectivity index (χ0) is 16.2. The number of para-hydroxylation sites is 1. The molecule has 0 saturated carbocycles. The molecule has 4 amide bonds. The zero-order valence-corrected chi connectivity index (χ0v) is 13.2. The van der Waals surface area contributed by atoms with Crippen LogP contribution in [0.1, 0.15) is 24.3 Å². The van der Waals surface area contributed by atoms with Crippen LogP contribution in [0.15, 0.2) is 24.3 Å². The summed E-state index contributed by atoms with van der Waals surface area (Å²) in [7, 11) is 0. The normalized spacial score (nSPS) is 14.3. The number of hydrogen-bond acceptors (Lipinski definition) is 5. The van der Waals surface area contributed by atoms with E-state index in [-0.39, 0.29) is 12.5 Å². The summed E-state index contributed by atoms with van der Waals surface area (Å²) in [5.41, 5.74) is 3.44. The molecule has 7 nitrogen and oxygen atoms in total. The molecule has 0 radical (unpaired) electrons. The molecule has 2 heterocycles. The Hall–Kier alpha value is -2.48. The predicted molar refractivity (Wildman–Crippen MR) is 85.6 cm³/mol. The van der Waals surface area contributed by atoms with E-state index in [4.69, 9.17) is 0 Å². The summed E-state index contributed by atoms with van der Waals surface area (Å²) >= 11 is 1.67. The monoisotopic (exact) mass is 332 g/mol. The first kappa shape index (κ1) is 15.4. The third kappa shape index (κ3) is 3.84. The van der Waals surface area contributed by atoms with Crippen molar-refractivity contribution in [1.29, 1.82) is 0 Å². The molecule has 0 unspecified atom stereocenters. The van der Waals surface area contributed by atoms with E-state index >= 15 is 0 Å². The van der Waals surface area contributed by atoms with Crippen molar-refractivity contribution in [3.8, 4) is 0 Å². The molecule has 2 aromatic rings. The third-order valence-corrected chi connectivity index (χ3v) is 4.53. The second kappa shape index (κ2) is 6.74. The van der Waals surface area contributed by atoms with Gasteiger partial charge in [-0.05, 0) is 31.4 Å². The minimum absolute atomic E-state index is 0.129. The Morgan fingerprint density at radius 2 is 2.13 bits per heavy atom. The lowest BCUT2D eigenvalue weighted by atomic mass is 10.2. The van der Waals surface area contributed by atoms with Gasteiger partial charge in [-0.1, -0.05) is 12.1 Å². The van der Waals surface area contributed by atoms with Gasteiger partial charge in [0, 0.05) is 6.42 Å². The lowest BCUT2D eigenvalue weighted by Gasteiger charge is -2.14. The predicted octanol–water partition coefficient (Wildman–Crippen LogP) is 1.59. The fourth-order valence-corrected chi connectivity index (χ4v) is 3.34. The molecule has 1 saturated heterocycles. The maximum absolute atomic E-state index is 11.7. The summed E-state index contributed by atoms with van der Waals surface area (Å²) in [6.07, 6.45) is 2.68. The van der Waals surface area contributed by atoms with Crippen molar-refractivity contribution < 1.29 is 14.4 Å². The first-order valence-electron chi connectivity index (χ1n) is 7.37. The highest BCUT2D eigenvalue weighted by molar-refractivity contribution is 7.18. The van der Waals surface area contributed by atoms with Crippen LogP contribution in [0, 0.1) is 0 Å². The van der Waals surface area contributed by atoms with Crippen LogP contribution >= 0.6 is 11.3 Å². The molecule has 1 aromatic carbocycles. The number of hydrogen-bond donors (Lipinski definition) is 2. The van der Waals surface area contributed by atoms with Crippen molar-refractivity contribution >= 4 is 39.4 Å². The van der Waals surface area contributed by atoms with Crippen LogP contribution in [-0.2, 0) is 16.0 Å². The summed E-state index contributed by atoms with van der Waals surface area (Å²) < 4.78 is 1.17. The molecule has 120 valence electrons. The molecule has 0 spiro atoms. The number of benzene rings is 1. The molecule has 1 fully saturated rings. The number of carbonyl (C=O) groups excluding carboxylic acids is 3. The van der Waals surface area contributed by atoms with Gasteiger partial charge in [0.25, 0.3) is 0 Å². The topological polar surface area (TPSA) is 91.4 Å². The summed E-state index contributed by atoms with van der Waals surface area (Å²) in [4.78, 5) is 38.6. The van der Waals surface area contributed by atoms with Gasteiger partial charge in [0.1, 0.15) is 6.54 Å². The molecule has 1 aliphatic rings. The second-order valence-corrected chi connectivity index (χ2v) is 6.37. The SMILES string of the molecule is O=C1CN(NC(=O)CCCCc2nc3ccccc3s2)C(=O)N1. The van der Waals surface area contributed by atoms with Crippen LogP contribution in [0.5, 0.6) is 0 Å². The van der Waals surface area contributed by atoms with E-state index in [2.05, 4.69) is 15.7 Å². The summed E-state index contributed by atoms with van der Waals surface area (Å²) in [6.45, 7) is -0.129. The molecular weight excluding hydrogens is 316 g/mol. The van der Waals surface area contributed by atoms with Crippen molar-refractivity contribution in [3.63, 3.8) is 0 Å². The van der Waals surface area contributed by atoms with Crippen LogP contribution in [0.4, 0.5) is 4.79 Å². The summed E-state index contributed by atoms with van der Waals surface area (Å²) in [5, 5.41) is 4.16. The molecular formula is C15H16N4O3S. The van der Waals surface area contributed by atoms with Crippen LogP contribution in [0.2, 0.25) is 0 Å². The number of aromatic nitrogens is 1. The standard InChI is InChI=1S/C15H16N4O3S/c20-12(18-19-9-13(21)17-15(19)22)7-3-4-8-14-16-10-5-1-2-6-11(10)23-14/h1-2,5-6H,3-4,7-9H2,(H,18,20)(H,17,21,22). The van der Waals surface area contributed by atoms with E-state index in [0.717, 1.165) is 28.4 Å². The number of amides is 4. The minimum Gasteiger partial charge on any atom is -0.275 e. The van der Waals surface area contributed by atoms with Crippen LogP contribution < -0.4 is 10.7 Å². The zero-order valence-electron chi connectivity index (χ0n) is 12.4. The van der Waals surface area contributed by atoms with Gasteiger partial charge in [-0.15, -0.1) is 11.3 Å². The number of fused-ring (bicyclic) bond motifs is 1. The maximum atomic E-state index is 11.7. The van der Waals surface area contributed by atoms with Gasteiger partial charge in [-0.2, -0.15) is 0 Å². The lowest BCUT2D eigenvalue weighted by molar-refractivity contribution is -0.125. The van der Waals surface area contributed by atoms with Crippen molar-refractivity contribution in [1.82, 2.24) is 20.7 Å². The molecule has 2 N–H and O–H groups in total. The summed E-state index contributed by atoms with van der Waals surface area (Å²) in [5.74, 6) is -0.676. The number of nitrogens with one attached hydrogen (secondary N) is 2. The van der Waals surface area contributed by atoms with Crippen molar-refractivity contribution in [2.75, 3.05) is 6.54 Å². The third-order valence-electron chi connectivity index (χ3n) is 3.44. The van der Waals surface area contributed by atoms with Crippen LogP contribution in [-0.4, -0.2) is 34.4 Å². The van der Waals surface area contributed by atoms with Crippen molar-refractivity contribution in [2.24, 2.45) is 0 Å². The van der Waals surface area contributed by atoms with Crippen LogP contribution in [0.3, 0.4) is 0 Å². The quantitative estimate of drug-likeness (QED) is 0.621. The Morgan fingerprint density at radius 3 is 2.87 bits per heavy atom. The molecule has 0 atom stereocenters. The first-order valence-corrected chi connectivity index (χ1v) is 8.19. The highest BCUT2D eigenvalue weighted by atomic mass is 32.1. The number of rotatable bonds is 6. The molecule has 3 rings (SSSR count). The lowest BCUT2D eigenvalue weighted by Crippen LogP contribution is -2.44. The smallest absolute Gasteiger partial charge is 0.275 e. The number of nitrogens with zero attached hydrogens (tertiary/aromatic N) is 2. The first-order chi connectivity index (χ1) is 11.1. The van der Waals surface area contributed by atoms with E-state index in [1.165, 1.54) is 4.70 Å². The number of aryl methyl sites for hydroxylation is 1. The van der Waals surface area contributed by atoms with Gasteiger partial charge in [-0.3, -0.25) is 20.3 Å². The number of imide groups is 1. The van der Waals surface area contributed by atoms with Gasteiger partial charge in [0.15, 0.2) is 0 Å². The minimum atomic E-state index is -0.585. The van der Waals surface area contributed by atoms with Crippen molar-refractivity contribution in [3.05, 3.63) is 29.3 Å². The molecule has 1 aliphatic heterocycles. The number of urea groups is 1. The number of carbonyl (C=O) groups is 3. The summed E-state index contributed by atoms with van der Waals surface area (Å²) in [6, 6.07) is 7.42. The Labute approximate surface area is 136 Å². The van der Waals surface area contributed by atoms with E-state index in [9.17, 15) is 14.4 Å². The van der Waals surface area contributed by atoms with E-state index in [1.54, 1.807) is 11.3 Å². The molecule has 0 aliphatic carbocycles. The van der Waals surface area contributed by atoms with E-state index in [1.807, 2.05) is 24.3 Å². The largest absolute Gasteiger partial charge is 0.343 e. The molecule has 23 heavy (non-hydrogen) atoms. The second-order valence-electron chi connectivity index (χ2n) is 5.26. The van der Waals surface area contributed by atoms with E-state index in [0.29, 0.717) is 12.8 Å². The highest BCUT2D eigenvalue weighted by Gasteiger charge is 2.27. The average Bonchev–Trinajstić information content (AvgIpc) is 3.06. The molecule has 8 heteroatoms. The average molecular weight is 332 g/mol. The Balaban J connectivity index is 1.40. The number of thiazole rings is 1. The van der Waals surface area contributed by atoms with Gasteiger partial charge in [0.05, 0.1) is 15.2 Å². The number of unbranched alkanes of at least 4 members (excludes halogenated alkanes) is 1. The van der Waals surface area contributed by atoms with Gasteiger partial charge < -0.3 is 0 Å². The fourth-order valence-electron chi connectivity index (χ4n) is 2.33. The van der Waals surface area contributed by atoms with Gasteiger partial charge in [-0.25, -0.2) is 14.8 Å². The Bertz CT molecular complexity index is 725. The number of hydrazine groups is 1. The molecule has 1 aromatic heterocycles. The molecule has 0 bridgehead atoms. The van der Waals surface area contributed by atoms with E-state index < -0.39 is 11.9 Å². The highest BCUT2D eigenvalue weighted by Crippen LogP contribution is 2.22. The van der Waals surface area contributed by atoms with Crippen molar-refractivity contribution in [2.45, 2.75) is 25.7 Å². The Kier molecular flexibility index (Phi) is 4.52. The Morgan fingerprint density at radius 1 is 1.30 bits per heavy atom. The van der Waals surface area contributed by atoms with Gasteiger partial charge >= 0.3 is 6.03 Å². The maximum Gasteiger partial charge on any atom is 0.343 e. The van der Waals surface area contributed by atoms with Crippen LogP contribution in [0.25, 0.3) is 10.2 Å². The van der Waals surface area contributed by atoms with Gasteiger partial charge in [0.2, 0.25) is 11.8 Å². The fraction of sp³-hybridized carbons (Fsp3) is 0.333.